The number of rotatable bonds is 7. The quantitative estimate of drug-likeness (QED) is 0.422. The summed E-state index contributed by atoms with van der Waals surface area (Å²) in [6.45, 7) is 0.477. The van der Waals surface area contributed by atoms with Gasteiger partial charge < -0.3 is 24.6 Å². The normalized spacial score (nSPS) is 10.9. The molecule has 10 heteroatoms. The summed E-state index contributed by atoms with van der Waals surface area (Å²) < 4.78 is 10.8. The number of anilines is 2. The molecule has 0 aliphatic rings. The maximum atomic E-state index is 11.3. The lowest BCUT2D eigenvalue weighted by Gasteiger charge is -2.10. The standard InChI is InChI=1S/C20H20N6O4/c1-26(2)20-22-18(30-25-20)12-6-11(7-14(8-12)29-3)10-21-13-4-5-16-15(9-13)17(19(27)28)24-23-16/h4-9,21H,10H2,1-3H3,(H,23,24)(H,27,28). The van der Waals surface area contributed by atoms with Crippen molar-refractivity contribution in [1.29, 1.82) is 0 Å². The van der Waals surface area contributed by atoms with Gasteiger partial charge in [-0.3, -0.25) is 5.10 Å². The molecule has 0 aliphatic heterocycles. The molecule has 0 fully saturated rings. The first-order chi connectivity index (χ1) is 14.4. The Labute approximate surface area is 171 Å². The summed E-state index contributed by atoms with van der Waals surface area (Å²) in [4.78, 5) is 17.4. The number of fused-ring (bicyclic) bond motifs is 1. The van der Waals surface area contributed by atoms with Crippen LogP contribution in [0.15, 0.2) is 40.9 Å². The Balaban J connectivity index is 1.59. The summed E-state index contributed by atoms with van der Waals surface area (Å²) in [6, 6.07) is 11.1. The maximum Gasteiger partial charge on any atom is 0.357 e. The third kappa shape index (κ3) is 3.75. The van der Waals surface area contributed by atoms with E-state index >= 15 is 0 Å². The van der Waals surface area contributed by atoms with Crippen LogP contribution in [0.25, 0.3) is 22.4 Å². The molecule has 0 saturated heterocycles. The number of carbonyl (C=O) groups is 1. The average Bonchev–Trinajstić information content (AvgIpc) is 3.39. The van der Waals surface area contributed by atoms with Gasteiger partial charge in [0.05, 0.1) is 12.6 Å². The molecule has 2 aromatic carbocycles. The molecule has 154 valence electrons. The van der Waals surface area contributed by atoms with Crippen LogP contribution in [0.4, 0.5) is 11.6 Å². The van der Waals surface area contributed by atoms with Crippen molar-refractivity contribution in [2.24, 2.45) is 0 Å². The summed E-state index contributed by atoms with van der Waals surface area (Å²) in [7, 11) is 5.26. The van der Waals surface area contributed by atoms with Crippen molar-refractivity contribution in [3.05, 3.63) is 47.7 Å². The van der Waals surface area contributed by atoms with Crippen molar-refractivity contribution < 1.29 is 19.2 Å². The Bertz CT molecular complexity index is 1210. The zero-order chi connectivity index (χ0) is 21.3. The topological polar surface area (TPSA) is 129 Å². The van der Waals surface area contributed by atoms with E-state index in [1.54, 1.807) is 24.1 Å². The Morgan fingerprint density at radius 2 is 2.10 bits per heavy atom. The van der Waals surface area contributed by atoms with Gasteiger partial charge in [-0.25, -0.2) is 4.79 Å². The number of benzene rings is 2. The van der Waals surface area contributed by atoms with Crippen LogP contribution in [0.1, 0.15) is 16.1 Å². The van der Waals surface area contributed by atoms with Gasteiger partial charge in [0.25, 0.3) is 11.8 Å². The van der Waals surface area contributed by atoms with Crippen LogP contribution < -0.4 is 15.0 Å². The number of carboxylic acid groups (broad SMARTS) is 1. The number of methoxy groups -OCH3 is 1. The van der Waals surface area contributed by atoms with E-state index in [2.05, 4.69) is 25.7 Å². The highest BCUT2D eigenvalue weighted by Gasteiger charge is 2.14. The highest BCUT2D eigenvalue weighted by atomic mass is 16.5. The Morgan fingerprint density at radius 3 is 2.80 bits per heavy atom. The number of nitrogens with one attached hydrogen (secondary N) is 2. The van der Waals surface area contributed by atoms with Gasteiger partial charge in [-0.05, 0) is 47.1 Å². The van der Waals surface area contributed by atoms with Gasteiger partial charge >= 0.3 is 5.97 Å². The van der Waals surface area contributed by atoms with Crippen molar-refractivity contribution in [1.82, 2.24) is 20.3 Å². The fourth-order valence-electron chi connectivity index (χ4n) is 3.01. The monoisotopic (exact) mass is 408 g/mol. The van der Waals surface area contributed by atoms with E-state index in [9.17, 15) is 9.90 Å². The van der Waals surface area contributed by atoms with Gasteiger partial charge in [0.15, 0.2) is 5.69 Å². The predicted molar refractivity (Wildman–Crippen MR) is 111 cm³/mol. The van der Waals surface area contributed by atoms with Crippen molar-refractivity contribution in [2.75, 3.05) is 31.4 Å². The predicted octanol–water partition coefficient (Wildman–Crippen LogP) is 3.00. The minimum atomic E-state index is -1.08. The molecule has 10 nitrogen and oxygen atoms in total. The molecule has 2 aromatic heterocycles. The van der Waals surface area contributed by atoms with Gasteiger partial charge in [-0.2, -0.15) is 10.1 Å². The zero-order valence-electron chi connectivity index (χ0n) is 16.6. The summed E-state index contributed by atoms with van der Waals surface area (Å²) in [5.41, 5.74) is 3.09. The fourth-order valence-corrected chi connectivity index (χ4v) is 3.01. The fraction of sp³-hybridized carbons (Fsp3) is 0.200. The van der Waals surface area contributed by atoms with E-state index in [1.165, 1.54) is 0 Å². The smallest absolute Gasteiger partial charge is 0.357 e. The molecule has 30 heavy (non-hydrogen) atoms. The van der Waals surface area contributed by atoms with E-state index in [1.807, 2.05) is 38.4 Å². The van der Waals surface area contributed by atoms with Gasteiger partial charge in [0, 0.05) is 37.3 Å². The first kappa shape index (κ1) is 19.2. The van der Waals surface area contributed by atoms with Crippen LogP contribution in [0, 0.1) is 0 Å². The molecule has 2 heterocycles. The number of carboxylic acids is 1. The number of H-pyrrole nitrogens is 1. The molecule has 0 spiro atoms. The van der Waals surface area contributed by atoms with Crippen LogP contribution in [-0.2, 0) is 6.54 Å². The van der Waals surface area contributed by atoms with Crippen LogP contribution in [0.5, 0.6) is 5.75 Å². The summed E-state index contributed by atoms with van der Waals surface area (Å²) in [5, 5.41) is 23.6. The lowest BCUT2D eigenvalue weighted by atomic mass is 10.1. The molecule has 0 saturated carbocycles. The molecule has 0 radical (unpaired) electrons. The van der Waals surface area contributed by atoms with Gasteiger partial charge in [0.2, 0.25) is 0 Å². The van der Waals surface area contributed by atoms with Crippen molar-refractivity contribution >= 4 is 28.5 Å². The molecule has 0 bridgehead atoms. The number of hydrogen-bond acceptors (Lipinski definition) is 8. The van der Waals surface area contributed by atoms with E-state index in [-0.39, 0.29) is 5.69 Å². The number of hydrogen-bond donors (Lipinski definition) is 3. The zero-order valence-corrected chi connectivity index (χ0v) is 16.6. The van der Waals surface area contributed by atoms with Gasteiger partial charge in [-0.1, -0.05) is 0 Å². The van der Waals surface area contributed by atoms with Gasteiger partial charge in [-0.15, -0.1) is 0 Å². The van der Waals surface area contributed by atoms with Crippen LogP contribution in [0.3, 0.4) is 0 Å². The first-order valence-electron chi connectivity index (χ1n) is 9.09. The second-order valence-corrected chi connectivity index (χ2v) is 6.86. The molecule has 4 aromatic rings. The van der Waals surface area contributed by atoms with E-state index in [0.29, 0.717) is 35.0 Å². The third-order valence-electron chi connectivity index (χ3n) is 4.53. The number of nitrogens with zero attached hydrogens (tertiary/aromatic N) is 4. The van der Waals surface area contributed by atoms with Crippen LogP contribution >= 0.6 is 0 Å². The van der Waals surface area contributed by atoms with E-state index < -0.39 is 5.97 Å². The van der Waals surface area contributed by atoms with Crippen LogP contribution in [0.2, 0.25) is 0 Å². The van der Waals surface area contributed by atoms with Crippen molar-refractivity contribution in [3.63, 3.8) is 0 Å². The molecule has 3 N–H and O–H groups in total. The Morgan fingerprint density at radius 1 is 1.27 bits per heavy atom. The van der Waals surface area contributed by atoms with Crippen LogP contribution in [-0.4, -0.2) is 52.6 Å². The molecule has 0 atom stereocenters. The largest absolute Gasteiger partial charge is 0.497 e. The molecule has 0 unspecified atom stereocenters. The summed E-state index contributed by atoms with van der Waals surface area (Å²) in [5.74, 6) is 0.458. The molecule has 0 aliphatic carbocycles. The minimum Gasteiger partial charge on any atom is -0.497 e. The molecule has 4 rings (SSSR count). The second-order valence-electron chi connectivity index (χ2n) is 6.86. The average molecular weight is 408 g/mol. The van der Waals surface area contributed by atoms with Gasteiger partial charge in [0.1, 0.15) is 5.75 Å². The minimum absolute atomic E-state index is 0.00888. The van der Waals surface area contributed by atoms with E-state index in [4.69, 9.17) is 9.26 Å². The van der Waals surface area contributed by atoms with E-state index in [0.717, 1.165) is 16.8 Å². The number of ether oxygens (including phenoxy) is 1. The summed E-state index contributed by atoms with van der Waals surface area (Å²) in [6.07, 6.45) is 0. The van der Waals surface area contributed by atoms with Crippen molar-refractivity contribution in [2.45, 2.75) is 6.54 Å². The highest BCUT2D eigenvalue weighted by Crippen LogP contribution is 2.27. The number of aromatic nitrogens is 4. The second kappa shape index (κ2) is 7.74. The molecular weight excluding hydrogens is 388 g/mol. The first-order valence-corrected chi connectivity index (χ1v) is 9.09. The number of aromatic amines is 1. The molecular formula is C20H20N6O4. The van der Waals surface area contributed by atoms with Crippen molar-refractivity contribution in [3.8, 4) is 17.2 Å². The lowest BCUT2D eigenvalue weighted by Crippen LogP contribution is -2.10. The third-order valence-corrected chi connectivity index (χ3v) is 4.53. The highest BCUT2D eigenvalue weighted by molar-refractivity contribution is 6.01. The Kier molecular flexibility index (Phi) is 4.97. The Hall–Kier alpha value is -4.08. The summed E-state index contributed by atoms with van der Waals surface area (Å²) >= 11 is 0. The maximum absolute atomic E-state index is 11.3. The SMILES string of the molecule is COc1cc(CNc2ccc3[nH]nc(C(=O)O)c3c2)cc(-c2nc(N(C)C)no2)c1. The number of aromatic carboxylic acids is 1. The molecule has 0 amide bonds. The lowest BCUT2D eigenvalue weighted by molar-refractivity contribution is 0.0692.